The minimum atomic E-state index is -0.478. The van der Waals surface area contributed by atoms with E-state index in [0.29, 0.717) is 43.7 Å². The zero-order chi connectivity index (χ0) is 21.2. The first-order chi connectivity index (χ1) is 13.2. The first-order valence-electron chi connectivity index (χ1n) is 9.79. The lowest BCUT2D eigenvalue weighted by atomic mass is 9.73. The van der Waals surface area contributed by atoms with Gasteiger partial charge in [-0.3, -0.25) is 14.2 Å². The van der Waals surface area contributed by atoms with Crippen LogP contribution in [-0.4, -0.2) is 48.6 Å². The number of rotatable bonds is 13. The maximum atomic E-state index is 12.5. The molecule has 160 valence electrons. The van der Waals surface area contributed by atoms with Gasteiger partial charge in [0.15, 0.2) is 4.77 Å². The van der Waals surface area contributed by atoms with Gasteiger partial charge >= 0.3 is 5.97 Å². The van der Waals surface area contributed by atoms with Crippen molar-refractivity contribution >= 4 is 18.2 Å². The first kappa shape index (κ1) is 24.5. The summed E-state index contributed by atoms with van der Waals surface area (Å²) in [5.41, 5.74) is -0.635. The van der Waals surface area contributed by atoms with Crippen LogP contribution in [-0.2, 0) is 25.5 Å². The Morgan fingerprint density at radius 1 is 1.14 bits per heavy atom. The fourth-order valence-corrected chi connectivity index (χ4v) is 3.15. The number of carbonyl (C=O) groups excluding carboxylic acids is 1. The quantitative estimate of drug-likeness (QED) is 0.303. The molecule has 0 aliphatic carbocycles. The van der Waals surface area contributed by atoms with Crippen molar-refractivity contribution in [2.75, 3.05) is 33.0 Å². The van der Waals surface area contributed by atoms with Crippen LogP contribution in [0.3, 0.4) is 0 Å². The molecule has 0 aliphatic heterocycles. The molecule has 8 heteroatoms. The summed E-state index contributed by atoms with van der Waals surface area (Å²) in [6.07, 6.45) is 2.32. The van der Waals surface area contributed by atoms with E-state index in [0.717, 1.165) is 6.42 Å². The molecule has 0 saturated carbocycles. The summed E-state index contributed by atoms with van der Waals surface area (Å²) in [5, 5.41) is 0. The van der Waals surface area contributed by atoms with E-state index in [-0.39, 0.29) is 24.1 Å². The predicted molar refractivity (Wildman–Crippen MR) is 111 cm³/mol. The molecule has 0 aliphatic rings. The normalized spacial score (nSPS) is 13.7. The number of hydrogen-bond acceptors (Lipinski definition) is 6. The van der Waals surface area contributed by atoms with Crippen LogP contribution in [0.5, 0.6) is 0 Å². The lowest BCUT2D eigenvalue weighted by Crippen LogP contribution is -2.37. The monoisotopic (exact) mass is 414 g/mol. The van der Waals surface area contributed by atoms with Gasteiger partial charge in [0.05, 0.1) is 38.4 Å². The molecule has 0 fully saturated rings. The third kappa shape index (κ3) is 7.85. The van der Waals surface area contributed by atoms with Crippen molar-refractivity contribution in [3.05, 3.63) is 27.4 Å². The van der Waals surface area contributed by atoms with Gasteiger partial charge < -0.3 is 19.2 Å². The number of hydrogen-bond donors (Lipinski definition) is 1. The van der Waals surface area contributed by atoms with E-state index < -0.39 is 5.41 Å². The third-order valence-corrected chi connectivity index (χ3v) is 5.15. The average molecular weight is 415 g/mol. The highest BCUT2D eigenvalue weighted by Crippen LogP contribution is 2.35. The number of nitrogens with one attached hydrogen (secondary N) is 1. The molecule has 7 nitrogen and oxygen atoms in total. The van der Waals surface area contributed by atoms with Crippen LogP contribution in [0.25, 0.3) is 0 Å². The maximum Gasteiger partial charge on any atom is 0.312 e. The predicted octanol–water partition coefficient (Wildman–Crippen LogP) is 3.19. The number of ether oxygens (including phenoxy) is 3. The molecular formula is C20H34N2O5S. The van der Waals surface area contributed by atoms with Crippen LogP contribution in [0.2, 0.25) is 0 Å². The number of aromatic nitrogens is 2. The molecule has 0 amide bonds. The van der Waals surface area contributed by atoms with Gasteiger partial charge in [-0.1, -0.05) is 27.7 Å². The second kappa shape index (κ2) is 12.1. The number of H-pyrrole nitrogens is 1. The Bertz CT molecular complexity index is 685. The number of carbonyl (C=O) groups is 1. The summed E-state index contributed by atoms with van der Waals surface area (Å²) >= 11 is 5.06. The minimum Gasteiger partial charge on any atom is -0.463 e. The smallest absolute Gasteiger partial charge is 0.312 e. The second-order valence-electron chi connectivity index (χ2n) is 7.80. The van der Waals surface area contributed by atoms with Crippen LogP contribution in [0, 0.1) is 22.0 Å². The Kier molecular flexibility index (Phi) is 10.6. The summed E-state index contributed by atoms with van der Waals surface area (Å²) in [5.74, 6) is 0.470. The summed E-state index contributed by atoms with van der Waals surface area (Å²) in [6, 6.07) is 1.42. The fourth-order valence-electron chi connectivity index (χ4n) is 2.90. The van der Waals surface area contributed by atoms with E-state index in [1.165, 1.54) is 16.8 Å². The molecule has 1 aromatic rings. The van der Waals surface area contributed by atoms with E-state index >= 15 is 0 Å². The van der Waals surface area contributed by atoms with Gasteiger partial charge in [0.25, 0.3) is 5.56 Å². The maximum absolute atomic E-state index is 12.5. The molecule has 1 rings (SSSR count). The number of nitrogens with zero attached hydrogens (tertiary/aromatic N) is 1. The molecule has 0 bridgehead atoms. The zero-order valence-corrected chi connectivity index (χ0v) is 18.5. The van der Waals surface area contributed by atoms with Crippen molar-refractivity contribution in [1.82, 2.24) is 9.55 Å². The molecule has 1 unspecified atom stereocenters. The zero-order valence-electron chi connectivity index (χ0n) is 17.7. The fraction of sp³-hybridized carbons (Fsp3) is 0.750. The largest absolute Gasteiger partial charge is 0.463 e. The van der Waals surface area contributed by atoms with Crippen molar-refractivity contribution < 1.29 is 19.0 Å². The van der Waals surface area contributed by atoms with Crippen LogP contribution >= 0.6 is 12.2 Å². The average Bonchev–Trinajstić information content (AvgIpc) is 2.61. The van der Waals surface area contributed by atoms with Crippen LogP contribution in [0.1, 0.15) is 41.0 Å². The standard InChI is InChI=1S/C20H34N2O5S/c1-15(2)14-20(5,16(3)4)18(24)27-13-12-26-11-10-25-9-8-22-17(23)6-7-21-19(22)28/h6-7,15-16H,8-14H2,1-5H3,(H,21,28). The van der Waals surface area contributed by atoms with Crippen molar-refractivity contribution in [2.24, 2.45) is 17.3 Å². The third-order valence-electron chi connectivity index (χ3n) is 4.81. The highest BCUT2D eigenvalue weighted by atomic mass is 32.1. The molecule has 0 spiro atoms. The van der Waals surface area contributed by atoms with Gasteiger partial charge in [0, 0.05) is 12.3 Å². The second-order valence-corrected chi connectivity index (χ2v) is 8.19. The Morgan fingerprint density at radius 2 is 1.75 bits per heavy atom. The van der Waals surface area contributed by atoms with Crippen molar-refractivity contribution in [3.63, 3.8) is 0 Å². The van der Waals surface area contributed by atoms with Gasteiger partial charge in [0.1, 0.15) is 6.61 Å². The van der Waals surface area contributed by atoms with Crippen LogP contribution < -0.4 is 5.56 Å². The Labute approximate surface area is 172 Å². The highest BCUT2D eigenvalue weighted by molar-refractivity contribution is 7.71. The lowest BCUT2D eigenvalue weighted by molar-refractivity contribution is -0.160. The van der Waals surface area contributed by atoms with Gasteiger partial charge in [-0.2, -0.15) is 0 Å². The van der Waals surface area contributed by atoms with E-state index in [1.54, 1.807) is 0 Å². The van der Waals surface area contributed by atoms with Crippen molar-refractivity contribution in [3.8, 4) is 0 Å². The molecule has 0 saturated heterocycles. The van der Waals surface area contributed by atoms with Gasteiger partial charge in [-0.05, 0) is 37.4 Å². The van der Waals surface area contributed by atoms with Crippen LogP contribution in [0.15, 0.2) is 17.1 Å². The summed E-state index contributed by atoms with van der Waals surface area (Å²) in [6.45, 7) is 12.4. The number of aromatic amines is 1. The SMILES string of the molecule is CC(C)CC(C)(C(=O)OCCOCCOCCn1c(=O)cc[nH]c1=S)C(C)C. The van der Waals surface area contributed by atoms with Crippen molar-refractivity contribution in [2.45, 2.75) is 47.6 Å². The lowest BCUT2D eigenvalue weighted by Gasteiger charge is -2.32. The molecular weight excluding hydrogens is 380 g/mol. The van der Waals surface area contributed by atoms with Crippen LogP contribution in [0.4, 0.5) is 0 Å². The van der Waals surface area contributed by atoms with Gasteiger partial charge in [-0.15, -0.1) is 0 Å². The summed E-state index contributed by atoms with van der Waals surface area (Å²) < 4.78 is 18.1. The highest BCUT2D eigenvalue weighted by Gasteiger charge is 2.38. The Morgan fingerprint density at radius 3 is 2.32 bits per heavy atom. The minimum absolute atomic E-state index is 0.156. The Hall–Kier alpha value is -1.51. The molecule has 1 atom stereocenters. The topological polar surface area (TPSA) is 82.6 Å². The van der Waals surface area contributed by atoms with E-state index in [1.807, 2.05) is 20.8 Å². The van der Waals surface area contributed by atoms with E-state index in [4.69, 9.17) is 26.4 Å². The van der Waals surface area contributed by atoms with Gasteiger partial charge in [0.2, 0.25) is 0 Å². The molecule has 0 radical (unpaired) electrons. The molecule has 1 heterocycles. The Balaban J connectivity index is 2.18. The summed E-state index contributed by atoms with van der Waals surface area (Å²) in [7, 11) is 0. The van der Waals surface area contributed by atoms with Crippen molar-refractivity contribution in [1.29, 1.82) is 0 Å². The molecule has 1 N–H and O–H groups in total. The first-order valence-corrected chi connectivity index (χ1v) is 10.2. The van der Waals surface area contributed by atoms with E-state index in [2.05, 4.69) is 18.8 Å². The summed E-state index contributed by atoms with van der Waals surface area (Å²) in [4.78, 5) is 26.9. The molecule has 0 aromatic carbocycles. The van der Waals surface area contributed by atoms with E-state index in [9.17, 15) is 9.59 Å². The molecule has 28 heavy (non-hydrogen) atoms. The van der Waals surface area contributed by atoms with Gasteiger partial charge in [-0.25, -0.2) is 0 Å². The number of esters is 1. The molecule has 1 aromatic heterocycles.